The molecular weight excluding hydrogens is 249 g/mol. The summed E-state index contributed by atoms with van der Waals surface area (Å²) in [5.41, 5.74) is 0.174. The molecule has 6 heteroatoms. The molecule has 0 amide bonds. The number of halogens is 1. The Hall–Kier alpha value is -1.95. The Morgan fingerprint density at radius 2 is 2.32 bits per heavy atom. The van der Waals surface area contributed by atoms with E-state index in [-0.39, 0.29) is 5.54 Å². The second-order valence-electron chi connectivity index (χ2n) is 4.95. The van der Waals surface area contributed by atoms with Crippen LogP contribution >= 0.6 is 0 Å². The molecule has 1 atom stereocenters. The Bertz CT molecular complexity index is 606. The summed E-state index contributed by atoms with van der Waals surface area (Å²) in [6.07, 6.45) is 1.99. The van der Waals surface area contributed by atoms with Crippen molar-refractivity contribution in [1.29, 1.82) is 0 Å². The van der Waals surface area contributed by atoms with Gasteiger partial charge in [0.1, 0.15) is 0 Å². The molecule has 1 aliphatic heterocycles. The Kier molecular flexibility index (Phi) is 2.74. The van der Waals surface area contributed by atoms with E-state index in [0.29, 0.717) is 17.3 Å². The van der Waals surface area contributed by atoms with E-state index < -0.39 is 11.6 Å². The molecule has 19 heavy (non-hydrogen) atoms. The number of nitrogens with zero attached hydrogens (tertiary/aromatic N) is 2. The van der Waals surface area contributed by atoms with Crippen LogP contribution in [0.4, 0.5) is 4.39 Å². The highest BCUT2D eigenvalue weighted by molar-refractivity contribution is 5.56. The van der Waals surface area contributed by atoms with Gasteiger partial charge in [0, 0.05) is 5.56 Å². The van der Waals surface area contributed by atoms with Crippen LogP contribution in [0.2, 0.25) is 0 Å². The van der Waals surface area contributed by atoms with Gasteiger partial charge in [-0.05, 0) is 44.5 Å². The number of phenols is 1. The van der Waals surface area contributed by atoms with Gasteiger partial charge in [-0.2, -0.15) is 4.98 Å². The molecule has 1 unspecified atom stereocenters. The molecular formula is C13H14FN3O2. The van der Waals surface area contributed by atoms with Crippen LogP contribution in [0, 0.1) is 5.82 Å². The summed E-state index contributed by atoms with van der Waals surface area (Å²) >= 11 is 0. The normalized spacial score (nSPS) is 22.8. The third-order valence-corrected chi connectivity index (χ3v) is 3.47. The number of hydrogen-bond donors (Lipinski definition) is 2. The van der Waals surface area contributed by atoms with E-state index in [1.807, 2.05) is 6.92 Å². The molecule has 1 aliphatic rings. The molecule has 1 fully saturated rings. The molecule has 2 heterocycles. The number of aromatic nitrogens is 2. The van der Waals surface area contributed by atoms with E-state index in [1.165, 1.54) is 12.1 Å². The highest BCUT2D eigenvalue weighted by Gasteiger charge is 2.35. The van der Waals surface area contributed by atoms with Crippen LogP contribution in [0.15, 0.2) is 22.7 Å². The highest BCUT2D eigenvalue weighted by atomic mass is 19.1. The van der Waals surface area contributed by atoms with Gasteiger partial charge in [0.15, 0.2) is 11.6 Å². The summed E-state index contributed by atoms with van der Waals surface area (Å²) in [5, 5.41) is 16.4. The summed E-state index contributed by atoms with van der Waals surface area (Å²) in [5.74, 6) is -0.261. The van der Waals surface area contributed by atoms with Crippen molar-refractivity contribution < 1.29 is 14.0 Å². The largest absolute Gasteiger partial charge is 0.505 e. The topological polar surface area (TPSA) is 71.2 Å². The number of aromatic hydroxyl groups is 1. The first-order valence-corrected chi connectivity index (χ1v) is 6.17. The monoisotopic (exact) mass is 263 g/mol. The average Bonchev–Trinajstić information content (AvgIpc) is 3.02. The fraction of sp³-hybridized carbons (Fsp3) is 0.385. The fourth-order valence-electron chi connectivity index (χ4n) is 2.29. The maximum Gasteiger partial charge on any atom is 0.246 e. The lowest BCUT2D eigenvalue weighted by Crippen LogP contribution is -2.33. The predicted molar refractivity (Wildman–Crippen MR) is 65.9 cm³/mol. The van der Waals surface area contributed by atoms with Crippen LogP contribution in [0.1, 0.15) is 25.7 Å². The molecule has 2 aromatic rings. The first kappa shape index (κ1) is 12.1. The van der Waals surface area contributed by atoms with Gasteiger partial charge in [-0.25, -0.2) is 4.39 Å². The van der Waals surface area contributed by atoms with Gasteiger partial charge in [0.05, 0.1) is 5.54 Å². The molecule has 5 nitrogen and oxygen atoms in total. The standard InChI is InChI=1S/C13H14FN3O2/c1-13(5-2-6-15-13)12-16-11(17-19-12)8-3-4-10(18)9(14)7-8/h3-4,7,15,18H,2,5-6H2,1H3. The summed E-state index contributed by atoms with van der Waals surface area (Å²) in [6.45, 7) is 2.93. The van der Waals surface area contributed by atoms with Crippen molar-refractivity contribution in [3.05, 3.63) is 29.9 Å². The summed E-state index contributed by atoms with van der Waals surface area (Å²) < 4.78 is 18.6. The van der Waals surface area contributed by atoms with E-state index in [4.69, 9.17) is 9.63 Å². The molecule has 0 spiro atoms. The summed E-state index contributed by atoms with van der Waals surface area (Å²) in [4.78, 5) is 4.32. The van der Waals surface area contributed by atoms with Gasteiger partial charge in [0.2, 0.25) is 11.7 Å². The van der Waals surface area contributed by atoms with Crippen LogP contribution in [0.3, 0.4) is 0 Å². The Morgan fingerprint density at radius 3 is 3.00 bits per heavy atom. The second kappa shape index (κ2) is 4.31. The Morgan fingerprint density at radius 1 is 1.47 bits per heavy atom. The van der Waals surface area contributed by atoms with Crippen LogP contribution in [-0.4, -0.2) is 21.8 Å². The van der Waals surface area contributed by atoms with Crippen molar-refractivity contribution >= 4 is 0 Å². The number of phenolic OH excluding ortho intramolecular Hbond substituents is 1. The highest BCUT2D eigenvalue weighted by Crippen LogP contribution is 2.31. The molecule has 0 saturated carbocycles. The van der Waals surface area contributed by atoms with E-state index in [1.54, 1.807) is 6.07 Å². The zero-order valence-electron chi connectivity index (χ0n) is 10.5. The van der Waals surface area contributed by atoms with Gasteiger partial charge in [0.25, 0.3) is 0 Å². The zero-order chi connectivity index (χ0) is 13.5. The van der Waals surface area contributed by atoms with Crippen molar-refractivity contribution in [2.45, 2.75) is 25.3 Å². The van der Waals surface area contributed by atoms with E-state index in [0.717, 1.165) is 19.4 Å². The first-order valence-electron chi connectivity index (χ1n) is 6.17. The number of benzene rings is 1. The maximum absolute atomic E-state index is 13.3. The van der Waals surface area contributed by atoms with Crippen LogP contribution in [0.25, 0.3) is 11.4 Å². The van der Waals surface area contributed by atoms with Crippen LogP contribution in [-0.2, 0) is 5.54 Å². The minimum atomic E-state index is -0.700. The quantitative estimate of drug-likeness (QED) is 0.869. The van der Waals surface area contributed by atoms with Crippen molar-refractivity contribution in [2.24, 2.45) is 0 Å². The lowest BCUT2D eigenvalue weighted by Gasteiger charge is -2.18. The maximum atomic E-state index is 13.3. The van der Waals surface area contributed by atoms with Crippen LogP contribution in [0.5, 0.6) is 5.75 Å². The number of nitrogens with one attached hydrogen (secondary N) is 1. The SMILES string of the molecule is CC1(c2nc(-c3ccc(O)c(F)c3)no2)CCCN1. The molecule has 1 saturated heterocycles. The molecule has 3 rings (SSSR count). The van der Waals surface area contributed by atoms with Crippen LogP contribution < -0.4 is 5.32 Å². The smallest absolute Gasteiger partial charge is 0.246 e. The fourth-order valence-corrected chi connectivity index (χ4v) is 2.29. The van der Waals surface area contributed by atoms with Crippen molar-refractivity contribution in [3.63, 3.8) is 0 Å². The van der Waals surface area contributed by atoms with Gasteiger partial charge in [-0.3, -0.25) is 0 Å². The average molecular weight is 263 g/mol. The van der Waals surface area contributed by atoms with Gasteiger partial charge >= 0.3 is 0 Å². The lowest BCUT2D eigenvalue weighted by molar-refractivity contribution is 0.275. The molecule has 0 aliphatic carbocycles. The Labute approximate surface area is 109 Å². The van der Waals surface area contributed by atoms with E-state index >= 15 is 0 Å². The van der Waals surface area contributed by atoms with Gasteiger partial charge in [-0.1, -0.05) is 5.16 Å². The second-order valence-corrected chi connectivity index (χ2v) is 4.95. The van der Waals surface area contributed by atoms with Gasteiger partial charge in [-0.15, -0.1) is 0 Å². The summed E-state index contributed by atoms with van der Waals surface area (Å²) in [6, 6.07) is 4.02. The van der Waals surface area contributed by atoms with Gasteiger partial charge < -0.3 is 14.9 Å². The number of hydrogen-bond acceptors (Lipinski definition) is 5. The Balaban J connectivity index is 1.94. The molecule has 1 aromatic carbocycles. The van der Waals surface area contributed by atoms with Crippen molar-refractivity contribution in [1.82, 2.24) is 15.5 Å². The van der Waals surface area contributed by atoms with Crippen molar-refractivity contribution in [2.75, 3.05) is 6.54 Å². The third kappa shape index (κ3) is 2.08. The lowest BCUT2D eigenvalue weighted by atomic mass is 10.0. The van der Waals surface area contributed by atoms with Crippen molar-refractivity contribution in [3.8, 4) is 17.1 Å². The van der Waals surface area contributed by atoms with E-state index in [9.17, 15) is 4.39 Å². The minimum absolute atomic E-state index is 0.305. The third-order valence-electron chi connectivity index (χ3n) is 3.47. The zero-order valence-corrected chi connectivity index (χ0v) is 10.5. The molecule has 2 N–H and O–H groups in total. The molecule has 100 valence electrons. The first-order chi connectivity index (χ1) is 9.08. The molecule has 1 aromatic heterocycles. The predicted octanol–water partition coefficient (Wildman–Crippen LogP) is 2.18. The summed E-state index contributed by atoms with van der Waals surface area (Å²) in [7, 11) is 0. The van der Waals surface area contributed by atoms with E-state index in [2.05, 4.69) is 15.5 Å². The molecule has 0 radical (unpaired) electrons. The number of rotatable bonds is 2. The minimum Gasteiger partial charge on any atom is -0.505 e. The molecule has 0 bridgehead atoms.